The standard InChI is InChI=1S/C14H17ClN4O2/c1-10-12(14(15)21-17-10)8-13(20)18-6-2-4-11(9-18)19-7-3-5-16-19/h3,5,7,11H,2,4,6,8-9H2,1H3/t11-/m0/s1. The molecule has 6 nitrogen and oxygen atoms in total. The van der Waals surface area contributed by atoms with Crippen molar-refractivity contribution in [1.29, 1.82) is 0 Å². The fourth-order valence-corrected chi connectivity index (χ4v) is 2.95. The van der Waals surface area contributed by atoms with Gasteiger partial charge in [-0.25, -0.2) is 0 Å². The van der Waals surface area contributed by atoms with Crippen molar-refractivity contribution in [3.8, 4) is 0 Å². The fraction of sp³-hybridized carbons (Fsp3) is 0.500. The molecule has 0 aromatic carbocycles. The van der Waals surface area contributed by atoms with Gasteiger partial charge in [-0.15, -0.1) is 0 Å². The maximum Gasteiger partial charge on any atom is 0.229 e. The van der Waals surface area contributed by atoms with E-state index in [1.807, 2.05) is 21.8 Å². The molecule has 0 radical (unpaired) electrons. The number of carbonyl (C=O) groups is 1. The number of aryl methyl sites for hydroxylation is 1. The van der Waals surface area contributed by atoms with Crippen LogP contribution in [0.4, 0.5) is 0 Å². The van der Waals surface area contributed by atoms with E-state index in [-0.39, 0.29) is 23.6 Å². The molecule has 21 heavy (non-hydrogen) atoms. The van der Waals surface area contributed by atoms with E-state index in [0.29, 0.717) is 17.8 Å². The van der Waals surface area contributed by atoms with Gasteiger partial charge in [0.2, 0.25) is 11.1 Å². The van der Waals surface area contributed by atoms with Crippen molar-refractivity contribution < 1.29 is 9.32 Å². The number of amides is 1. The molecule has 2 aromatic rings. The zero-order valence-corrected chi connectivity index (χ0v) is 12.6. The van der Waals surface area contributed by atoms with Gasteiger partial charge in [0.15, 0.2) is 0 Å². The minimum Gasteiger partial charge on any atom is -0.344 e. The van der Waals surface area contributed by atoms with Gasteiger partial charge in [0.05, 0.1) is 18.2 Å². The number of nitrogens with zero attached hydrogens (tertiary/aromatic N) is 4. The molecule has 3 heterocycles. The summed E-state index contributed by atoms with van der Waals surface area (Å²) in [6.07, 6.45) is 5.96. The van der Waals surface area contributed by atoms with E-state index in [2.05, 4.69) is 10.3 Å². The number of aromatic nitrogens is 3. The summed E-state index contributed by atoms with van der Waals surface area (Å²) in [6, 6.07) is 2.15. The minimum absolute atomic E-state index is 0.0556. The maximum absolute atomic E-state index is 12.5. The Kier molecular flexibility index (Phi) is 3.96. The monoisotopic (exact) mass is 308 g/mol. The number of hydrogen-bond acceptors (Lipinski definition) is 4. The molecule has 0 unspecified atom stereocenters. The van der Waals surface area contributed by atoms with Crippen molar-refractivity contribution in [1.82, 2.24) is 19.8 Å². The van der Waals surface area contributed by atoms with Crippen LogP contribution in [0.25, 0.3) is 0 Å². The van der Waals surface area contributed by atoms with Crippen LogP contribution < -0.4 is 0 Å². The molecule has 3 rings (SSSR count). The SMILES string of the molecule is Cc1noc(Cl)c1CC(=O)N1CCC[C@H](n2cccn2)C1. The molecule has 0 aliphatic carbocycles. The topological polar surface area (TPSA) is 64.2 Å². The van der Waals surface area contributed by atoms with E-state index < -0.39 is 0 Å². The Bertz CT molecular complexity index is 603. The van der Waals surface area contributed by atoms with Gasteiger partial charge in [0, 0.05) is 31.0 Å². The van der Waals surface area contributed by atoms with Crippen LogP contribution in [0.2, 0.25) is 5.22 Å². The second kappa shape index (κ2) is 5.89. The Morgan fingerprint density at radius 2 is 2.43 bits per heavy atom. The largest absolute Gasteiger partial charge is 0.344 e. The van der Waals surface area contributed by atoms with Crippen molar-refractivity contribution in [2.24, 2.45) is 0 Å². The van der Waals surface area contributed by atoms with Gasteiger partial charge in [-0.05, 0) is 37.4 Å². The van der Waals surface area contributed by atoms with Crippen molar-refractivity contribution >= 4 is 17.5 Å². The molecule has 7 heteroatoms. The van der Waals surface area contributed by atoms with Gasteiger partial charge in [-0.2, -0.15) is 5.10 Å². The second-order valence-electron chi connectivity index (χ2n) is 5.32. The van der Waals surface area contributed by atoms with Crippen LogP contribution >= 0.6 is 11.6 Å². The normalized spacial score (nSPS) is 19.0. The number of carbonyl (C=O) groups excluding carboxylic acids is 1. The zero-order chi connectivity index (χ0) is 14.8. The lowest BCUT2D eigenvalue weighted by atomic mass is 10.0. The first-order chi connectivity index (χ1) is 10.1. The molecule has 1 amide bonds. The summed E-state index contributed by atoms with van der Waals surface area (Å²) in [5, 5.41) is 8.26. The Hall–Kier alpha value is -1.82. The summed E-state index contributed by atoms with van der Waals surface area (Å²) in [7, 11) is 0. The highest BCUT2D eigenvalue weighted by atomic mass is 35.5. The quantitative estimate of drug-likeness (QED) is 0.872. The first kappa shape index (κ1) is 14.1. The van der Waals surface area contributed by atoms with Crippen LogP contribution in [-0.2, 0) is 11.2 Å². The number of piperidine rings is 1. The van der Waals surface area contributed by atoms with E-state index in [4.69, 9.17) is 16.1 Å². The minimum atomic E-state index is 0.0556. The molecular formula is C14H17ClN4O2. The second-order valence-corrected chi connectivity index (χ2v) is 5.66. The molecular weight excluding hydrogens is 292 g/mol. The Morgan fingerprint density at radius 1 is 1.57 bits per heavy atom. The van der Waals surface area contributed by atoms with Crippen molar-refractivity contribution in [3.63, 3.8) is 0 Å². The molecule has 1 aliphatic rings. The molecule has 0 spiro atoms. The fourth-order valence-electron chi connectivity index (χ4n) is 2.72. The highest BCUT2D eigenvalue weighted by Crippen LogP contribution is 2.24. The summed E-state index contributed by atoms with van der Waals surface area (Å²) in [5.41, 5.74) is 1.36. The van der Waals surface area contributed by atoms with Gasteiger partial charge in [0.25, 0.3) is 0 Å². The average molecular weight is 309 g/mol. The van der Waals surface area contributed by atoms with Crippen LogP contribution in [-0.4, -0.2) is 38.8 Å². The average Bonchev–Trinajstić information content (AvgIpc) is 3.13. The maximum atomic E-state index is 12.5. The van der Waals surface area contributed by atoms with Crippen LogP contribution in [0.1, 0.15) is 30.1 Å². The predicted octanol–water partition coefficient (Wildman–Crippen LogP) is 2.24. The Labute approximate surface area is 127 Å². The Balaban J connectivity index is 1.67. The van der Waals surface area contributed by atoms with Gasteiger partial charge >= 0.3 is 0 Å². The summed E-state index contributed by atoms with van der Waals surface area (Å²) in [5.74, 6) is 0.0556. The van der Waals surface area contributed by atoms with Gasteiger partial charge in [-0.3, -0.25) is 9.48 Å². The number of rotatable bonds is 3. The summed E-state index contributed by atoms with van der Waals surface area (Å²) >= 11 is 5.92. The molecule has 0 N–H and O–H groups in total. The number of halogens is 1. The van der Waals surface area contributed by atoms with Crippen LogP contribution in [0.15, 0.2) is 23.0 Å². The molecule has 2 aromatic heterocycles. The third-order valence-corrected chi connectivity index (χ3v) is 4.21. The van der Waals surface area contributed by atoms with Crippen LogP contribution in [0, 0.1) is 6.92 Å². The third kappa shape index (κ3) is 2.95. The van der Waals surface area contributed by atoms with Gasteiger partial charge in [0.1, 0.15) is 0 Å². The van der Waals surface area contributed by atoms with Gasteiger partial charge < -0.3 is 9.42 Å². The summed E-state index contributed by atoms with van der Waals surface area (Å²) in [6.45, 7) is 3.25. The van der Waals surface area contributed by atoms with E-state index in [9.17, 15) is 4.79 Å². The molecule has 1 aliphatic heterocycles. The molecule has 1 atom stereocenters. The molecule has 1 fully saturated rings. The van der Waals surface area contributed by atoms with Crippen molar-refractivity contribution in [2.45, 2.75) is 32.2 Å². The van der Waals surface area contributed by atoms with Crippen LogP contribution in [0.3, 0.4) is 0 Å². The first-order valence-electron chi connectivity index (χ1n) is 7.02. The highest BCUT2D eigenvalue weighted by molar-refractivity contribution is 6.29. The molecule has 1 saturated heterocycles. The summed E-state index contributed by atoms with van der Waals surface area (Å²) in [4.78, 5) is 14.3. The Morgan fingerprint density at radius 3 is 3.10 bits per heavy atom. The molecule has 0 saturated carbocycles. The number of likely N-dealkylation sites (tertiary alicyclic amines) is 1. The van der Waals surface area contributed by atoms with Gasteiger partial charge in [-0.1, -0.05) is 5.16 Å². The van der Waals surface area contributed by atoms with Crippen molar-refractivity contribution in [3.05, 3.63) is 34.9 Å². The van der Waals surface area contributed by atoms with E-state index in [1.54, 1.807) is 13.1 Å². The number of hydrogen-bond donors (Lipinski definition) is 0. The predicted molar refractivity (Wildman–Crippen MR) is 77.0 cm³/mol. The molecule has 112 valence electrons. The van der Waals surface area contributed by atoms with E-state index >= 15 is 0 Å². The lowest BCUT2D eigenvalue weighted by Gasteiger charge is -2.33. The lowest BCUT2D eigenvalue weighted by Crippen LogP contribution is -2.41. The third-order valence-electron chi connectivity index (χ3n) is 3.91. The highest BCUT2D eigenvalue weighted by Gasteiger charge is 2.26. The zero-order valence-electron chi connectivity index (χ0n) is 11.8. The first-order valence-corrected chi connectivity index (χ1v) is 7.40. The van der Waals surface area contributed by atoms with E-state index in [0.717, 1.165) is 19.4 Å². The smallest absolute Gasteiger partial charge is 0.229 e. The van der Waals surface area contributed by atoms with E-state index in [1.165, 1.54) is 0 Å². The lowest BCUT2D eigenvalue weighted by molar-refractivity contribution is -0.132. The summed E-state index contributed by atoms with van der Waals surface area (Å²) < 4.78 is 6.82. The van der Waals surface area contributed by atoms with Crippen molar-refractivity contribution in [2.75, 3.05) is 13.1 Å². The molecule has 0 bridgehead atoms. The van der Waals surface area contributed by atoms with Crippen LogP contribution in [0.5, 0.6) is 0 Å².